The quantitative estimate of drug-likeness (QED) is 0.486. The van der Waals surface area contributed by atoms with Crippen molar-refractivity contribution < 1.29 is 28.2 Å². The average molecular weight is 451 g/mol. The van der Waals surface area contributed by atoms with Crippen LogP contribution in [0.25, 0.3) is 0 Å². The monoisotopic (exact) mass is 451 g/mol. The Morgan fingerprint density at radius 1 is 0.818 bits per heavy atom. The van der Waals surface area contributed by atoms with E-state index in [1.54, 1.807) is 24.3 Å². The maximum absolute atomic E-state index is 13.0. The van der Waals surface area contributed by atoms with Gasteiger partial charge >= 0.3 is 0 Å². The number of anilines is 2. The standard InChI is InChI=1S/C24H22FN3O5/c1-26-23(30)15-4-3-5-19(12-15)28-24(31)16-6-11-20(21(13-16)32-2)33-14-22(29)27-18-9-7-17(25)8-10-18/h3-13H,14H2,1-2H3,(H,26,30)(H,27,29)(H,28,31). The predicted octanol–water partition coefficient (Wildman–Crippen LogP) is 3.46. The van der Waals surface area contributed by atoms with Gasteiger partial charge in [-0.2, -0.15) is 0 Å². The van der Waals surface area contributed by atoms with Crippen LogP contribution in [0.3, 0.4) is 0 Å². The minimum Gasteiger partial charge on any atom is -0.493 e. The number of rotatable bonds is 8. The van der Waals surface area contributed by atoms with E-state index in [4.69, 9.17) is 9.47 Å². The Bertz CT molecular complexity index is 1170. The summed E-state index contributed by atoms with van der Waals surface area (Å²) in [5.74, 6) is -0.999. The van der Waals surface area contributed by atoms with Crippen LogP contribution in [0.5, 0.6) is 11.5 Å². The molecule has 3 amide bonds. The van der Waals surface area contributed by atoms with E-state index in [0.29, 0.717) is 22.5 Å². The molecule has 33 heavy (non-hydrogen) atoms. The predicted molar refractivity (Wildman–Crippen MR) is 121 cm³/mol. The van der Waals surface area contributed by atoms with Gasteiger partial charge in [0.1, 0.15) is 5.82 Å². The van der Waals surface area contributed by atoms with Crippen molar-refractivity contribution in [3.63, 3.8) is 0 Å². The van der Waals surface area contributed by atoms with Gasteiger partial charge in [0.2, 0.25) is 0 Å². The second-order valence-electron chi connectivity index (χ2n) is 6.82. The van der Waals surface area contributed by atoms with E-state index in [-0.39, 0.29) is 24.0 Å². The minimum atomic E-state index is -0.443. The average Bonchev–Trinajstić information content (AvgIpc) is 2.83. The molecule has 3 N–H and O–H groups in total. The van der Waals surface area contributed by atoms with E-state index >= 15 is 0 Å². The van der Waals surface area contributed by atoms with Crippen LogP contribution in [-0.2, 0) is 4.79 Å². The van der Waals surface area contributed by atoms with Crippen LogP contribution < -0.4 is 25.4 Å². The highest BCUT2D eigenvalue weighted by atomic mass is 19.1. The smallest absolute Gasteiger partial charge is 0.262 e. The summed E-state index contributed by atoms with van der Waals surface area (Å²) in [6, 6.07) is 16.4. The van der Waals surface area contributed by atoms with E-state index in [1.165, 1.54) is 56.6 Å². The lowest BCUT2D eigenvalue weighted by molar-refractivity contribution is -0.118. The fourth-order valence-electron chi connectivity index (χ4n) is 2.89. The molecule has 0 radical (unpaired) electrons. The van der Waals surface area contributed by atoms with Crippen molar-refractivity contribution in [3.05, 3.63) is 83.7 Å². The summed E-state index contributed by atoms with van der Waals surface area (Å²) in [6.07, 6.45) is 0. The summed E-state index contributed by atoms with van der Waals surface area (Å²) < 4.78 is 23.7. The number of carbonyl (C=O) groups excluding carboxylic acids is 3. The number of nitrogens with one attached hydrogen (secondary N) is 3. The van der Waals surface area contributed by atoms with E-state index in [9.17, 15) is 18.8 Å². The second kappa shape index (κ2) is 10.8. The first-order valence-electron chi connectivity index (χ1n) is 9.89. The zero-order valence-electron chi connectivity index (χ0n) is 18.0. The molecule has 9 heteroatoms. The molecular formula is C24H22FN3O5. The first-order chi connectivity index (χ1) is 15.9. The first kappa shape index (κ1) is 23.3. The van der Waals surface area contributed by atoms with Crippen molar-refractivity contribution in [1.29, 1.82) is 0 Å². The van der Waals surface area contributed by atoms with Gasteiger partial charge in [0.25, 0.3) is 17.7 Å². The van der Waals surface area contributed by atoms with Gasteiger partial charge in [0.15, 0.2) is 18.1 Å². The van der Waals surface area contributed by atoms with Gasteiger partial charge in [-0.15, -0.1) is 0 Å². The number of carbonyl (C=O) groups is 3. The minimum absolute atomic E-state index is 0.261. The maximum atomic E-state index is 13.0. The Kier molecular flexibility index (Phi) is 7.59. The van der Waals surface area contributed by atoms with Gasteiger partial charge in [0.05, 0.1) is 7.11 Å². The third-order valence-corrected chi connectivity index (χ3v) is 4.52. The summed E-state index contributed by atoms with van der Waals surface area (Å²) in [7, 11) is 2.94. The van der Waals surface area contributed by atoms with Crippen LogP contribution in [0.2, 0.25) is 0 Å². The zero-order valence-corrected chi connectivity index (χ0v) is 18.0. The van der Waals surface area contributed by atoms with Crippen LogP contribution in [0, 0.1) is 5.82 Å². The summed E-state index contributed by atoms with van der Waals surface area (Å²) in [5, 5.41) is 7.83. The first-order valence-corrected chi connectivity index (χ1v) is 9.89. The number of hydrogen-bond acceptors (Lipinski definition) is 5. The van der Waals surface area contributed by atoms with Gasteiger partial charge in [-0.05, 0) is 60.7 Å². The van der Waals surface area contributed by atoms with E-state index in [2.05, 4.69) is 16.0 Å². The van der Waals surface area contributed by atoms with Crippen molar-refractivity contribution in [2.45, 2.75) is 0 Å². The largest absolute Gasteiger partial charge is 0.493 e. The lowest BCUT2D eigenvalue weighted by atomic mass is 10.1. The van der Waals surface area contributed by atoms with Crippen molar-refractivity contribution in [2.75, 3.05) is 31.4 Å². The Morgan fingerprint density at radius 3 is 2.24 bits per heavy atom. The molecule has 3 aromatic carbocycles. The summed E-state index contributed by atoms with van der Waals surface area (Å²) in [4.78, 5) is 36.5. The fraction of sp³-hybridized carbons (Fsp3) is 0.125. The molecule has 0 spiro atoms. The number of hydrogen-bond donors (Lipinski definition) is 3. The van der Waals surface area contributed by atoms with Crippen LogP contribution in [0.1, 0.15) is 20.7 Å². The topological polar surface area (TPSA) is 106 Å². The molecule has 0 atom stereocenters. The second-order valence-corrected chi connectivity index (χ2v) is 6.82. The molecule has 170 valence electrons. The molecule has 0 saturated carbocycles. The zero-order chi connectivity index (χ0) is 23.8. The highest BCUT2D eigenvalue weighted by molar-refractivity contribution is 6.05. The number of ether oxygens (including phenoxy) is 2. The van der Waals surface area contributed by atoms with E-state index in [0.717, 1.165) is 0 Å². The molecule has 0 aliphatic heterocycles. The Labute approximate surface area is 189 Å². The normalized spacial score (nSPS) is 10.2. The van der Waals surface area contributed by atoms with Crippen LogP contribution in [0.4, 0.5) is 15.8 Å². The molecule has 0 fully saturated rings. The van der Waals surface area contributed by atoms with Crippen molar-refractivity contribution in [2.24, 2.45) is 0 Å². The summed E-state index contributed by atoms with van der Waals surface area (Å²) in [5.41, 5.74) is 1.60. The lowest BCUT2D eigenvalue weighted by Crippen LogP contribution is -2.20. The number of benzene rings is 3. The van der Waals surface area contributed by atoms with Crippen molar-refractivity contribution >= 4 is 29.1 Å². The van der Waals surface area contributed by atoms with E-state index in [1.807, 2.05) is 0 Å². The third kappa shape index (κ3) is 6.30. The van der Waals surface area contributed by atoms with Gasteiger partial charge in [-0.1, -0.05) is 6.07 Å². The molecule has 0 unspecified atom stereocenters. The Balaban J connectivity index is 1.64. The molecule has 0 aromatic heterocycles. The molecular weight excluding hydrogens is 429 g/mol. The SMILES string of the molecule is CNC(=O)c1cccc(NC(=O)c2ccc(OCC(=O)Nc3ccc(F)cc3)c(OC)c2)c1. The number of methoxy groups -OCH3 is 1. The highest BCUT2D eigenvalue weighted by Crippen LogP contribution is 2.28. The summed E-state index contributed by atoms with van der Waals surface area (Å²) in [6.45, 7) is -0.314. The number of halogens is 1. The van der Waals surface area contributed by atoms with Gasteiger partial charge in [-0.25, -0.2) is 4.39 Å². The molecule has 0 aliphatic carbocycles. The fourth-order valence-corrected chi connectivity index (χ4v) is 2.89. The maximum Gasteiger partial charge on any atom is 0.262 e. The molecule has 0 aliphatic rings. The Morgan fingerprint density at radius 2 is 1.55 bits per heavy atom. The molecule has 0 saturated heterocycles. The van der Waals surface area contributed by atoms with Gasteiger partial charge < -0.3 is 25.4 Å². The molecule has 8 nitrogen and oxygen atoms in total. The van der Waals surface area contributed by atoms with E-state index < -0.39 is 17.6 Å². The third-order valence-electron chi connectivity index (χ3n) is 4.52. The molecule has 3 rings (SSSR count). The van der Waals surface area contributed by atoms with Gasteiger partial charge in [0, 0.05) is 29.5 Å². The molecule has 0 bridgehead atoms. The number of amides is 3. The Hall–Kier alpha value is -4.40. The molecule has 3 aromatic rings. The summed E-state index contributed by atoms with van der Waals surface area (Å²) >= 11 is 0. The molecule has 0 heterocycles. The highest BCUT2D eigenvalue weighted by Gasteiger charge is 2.14. The van der Waals surface area contributed by atoms with Crippen LogP contribution in [-0.4, -0.2) is 38.5 Å². The van der Waals surface area contributed by atoms with Crippen molar-refractivity contribution in [1.82, 2.24) is 5.32 Å². The lowest BCUT2D eigenvalue weighted by Gasteiger charge is -2.13. The van der Waals surface area contributed by atoms with Gasteiger partial charge in [-0.3, -0.25) is 14.4 Å². The van der Waals surface area contributed by atoms with Crippen LogP contribution >= 0.6 is 0 Å². The van der Waals surface area contributed by atoms with Crippen LogP contribution in [0.15, 0.2) is 66.7 Å². The van der Waals surface area contributed by atoms with Crippen molar-refractivity contribution in [3.8, 4) is 11.5 Å².